The fourth-order valence-corrected chi connectivity index (χ4v) is 6.91. The van der Waals surface area contributed by atoms with Crippen molar-refractivity contribution in [2.75, 3.05) is 51.1 Å². The first-order valence-electron chi connectivity index (χ1n) is 12.8. The highest BCUT2D eigenvalue weighted by Crippen LogP contribution is 2.39. The summed E-state index contributed by atoms with van der Waals surface area (Å²) in [5.74, 6) is -0.227. The maximum atomic E-state index is 14.3. The molecule has 0 unspecified atom stereocenters. The molecule has 2 atom stereocenters. The zero-order valence-electron chi connectivity index (χ0n) is 22.2. The van der Waals surface area contributed by atoms with Crippen LogP contribution in [0.15, 0.2) is 56.4 Å². The average Bonchev–Trinajstić information content (AvgIpc) is 3.52. The number of hydrogen-bond acceptors (Lipinski definition) is 5. The third kappa shape index (κ3) is 6.03. The van der Waals surface area contributed by atoms with Crippen LogP contribution in [-0.2, 0) is 4.79 Å². The van der Waals surface area contributed by atoms with Crippen LogP contribution in [0.25, 0.3) is 11.1 Å². The van der Waals surface area contributed by atoms with Gasteiger partial charge in [-0.15, -0.1) is 0 Å². The number of likely N-dealkylation sites (tertiary alicyclic amines) is 2. The van der Waals surface area contributed by atoms with Gasteiger partial charge >= 0.3 is 0 Å². The molecule has 38 heavy (non-hydrogen) atoms. The Morgan fingerprint density at radius 2 is 1.21 bits per heavy atom. The van der Waals surface area contributed by atoms with Crippen LogP contribution in [0.2, 0.25) is 0 Å². The van der Waals surface area contributed by atoms with E-state index in [1.165, 1.54) is 11.1 Å². The van der Waals surface area contributed by atoms with E-state index in [-0.39, 0.29) is 18.1 Å². The molecule has 5 nitrogen and oxygen atoms in total. The molecule has 0 N–H and O–H groups in total. The van der Waals surface area contributed by atoms with Crippen molar-refractivity contribution in [1.82, 2.24) is 9.80 Å². The quantitative estimate of drug-likeness (QED) is 0.267. The molecule has 0 saturated carbocycles. The van der Waals surface area contributed by atoms with Gasteiger partial charge in [-0.25, -0.2) is 0 Å². The Hall–Kier alpha value is -1.35. The van der Waals surface area contributed by atoms with E-state index in [2.05, 4.69) is 79.7 Å². The van der Waals surface area contributed by atoms with Gasteiger partial charge < -0.3 is 9.80 Å². The monoisotopic (exact) mass is 682 g/mol. The van der Waals surface area contributed by atoms with Gasteiger partial charge in [-0.05, 0) is 89.3 Å². The molecule has 0 aromatic heterocycles. The maximum absolute atomic E-state index is 14.3. The van der Waals surface area contributed by atoms with E-state index in [1.807, 2.05) is 36.4 Å². The number of benzene rings is 2. The molecule has 2 aliphatic rings. The second kappa shape index (κ2) is 12.9. The fourth-order valence-electron chi connectivity index (χ4n) is 5.75. The van der Waals surface area contributed by atoms with E-state index in [0.29, 0.717) is 11.1 Å². The number of ketones is 1. The highest BCUT2D eigenvalue weighted by atomic mass is 79.9. The van der Waals surface area contributed by atoms with E-state index in [9.17, 15) is 4.79 Å². The number of anilines is 2. The number of Topliss-reactive ketones (excluding diaryl/α,β-unsaturated/α-hetero) is 1. The van der Waals surface area contributed by atoms with Crippen molar-refractivity contribution >= 4 is 83.4 Å². The second-order valence-electron chi connectivity index (χ2n) is 10.1. The van der Waals surface area contributed by atoms with Gasteiger partial charge in [0.1, 0.15) is 0 Å². The summed E-state index contributed by atoms with van der Waals surface area (Å²) in [6.45, 7) is 2.10. The Kier molecular flexibility index (Phi) is 10.0. The zero-order chi connectivity index (χ0) is 27.6. The molecule has 0 aliphatic carbocycles. The van der Waals surface area contributed by atoms with Crippen LogP contribution in [-0.4, -0.2) is 69.2 Å². The van der Waals surface area contributed by atoms with Crippen LogP contribution in [0.5, 0.6) is 0 Å². The zero-order valence-corrected chi connectivity index (χ0v) is 26.9. The molecule has 2 fully saturated rings. The standard InChI is InChI=1S/C29H34Br2Cl2N4O/c1-34-13-5-7-27(34)36(3)25-11-9-19(30)15-21(25)23(17-32)29(38)24(18-33)22-16-20(31)10-12-26(22)37(4)28-8-6-14-35(28)2/h9-12,15-18,27-28H,5-8,13-14H2,1-4H3/t27-,28-/m0/s1. The van der Waals surface area contributed by atoms with Crippen molar-refractivity contribution in [1.29, 1.82) is 0 Å². The molecular weight excluding hydrogens is 651 g/mol. The number of carbonyl (C=O) groups excluding carboxylic acids is 1. The highest BCUT2D eigenvalue weighted by molar-refractivity contribution is 9.10. The van der Waals surface area contributed by atoms with E-state index in [1.54, 1.807) is 0 Å². The SMILES string of the molecule is CN1CCC[C@@H]1N(C)c1ccc(Br)cc1C(=CCl)C(=O)C(=CCl)c1cc(Br)ccc1N(C)[C@H]1CCCN1C. The van der Waals surface area contributed by atoms with Crippen LogP contribution < -0.4 is 9.80 Å². The molecule has 0 spiro atoms. The summed E-state index contributed by atoms with van der Waals surface area (Å²) in [5, 5.41) is 0. The minimum absolute atomic E-state index is 0.227. The molecule has 2 saturated heterocycles. The molecule has 4 rings (SSSR count). The minimum atomic E-state index is -0.227. The van der Waals surface area contributed by atoms with Crippen molar-refractivity contribution < 1.29 is 4.79 Å². The first-order chi connectivity index (χ1) is 18.2. The van der Waals surface area contributed by atoms with Crippen molar-refractivity contribution in [3.8, 4) is 0 Å². The van der Waals surface area contributed by atoms with Gasteiger partial charge in [0.2, 0.25) is 0 Å². The average molecular weight is 685 g/mol. The largest absolute Gasteiger partial charge is 0.358 e. The number of nitrogens with zero attached hydrogens (tertiary/aromatic N) is 4. The van der Waals surface area contributed by atoms with E-state index in [0.717, 1.165) is 70.2 Å². The summed E-state index contributed by atoms with van der Waals surface area (Å²) in [7, 11) is 8.43. The Labute approximate surface area is 253 Å². The van der Waals surface area contributed by atoms with Gasteiger partial charge in [0.05, 0.1) is 12.3 Å². The van der Waals surface area contributed by atoms with Crippen molar-refractivity contribution in [2.24, 2.45) is 0 Å². The topological polar surface area (TPSA) is 30.0 Å². The van der Waals surface area contributed by atoms with Gasteiger partial charge in [0, 0.05) is 67.8 Å². The molecule has 2 heterocycles. The van der Waals surface area contributed by atoms with Crippen LogP contribution >= 0.6 is 55.1 Å². The number of hydrogen-bond donors (Lipinski definition) is 0. The van der Waals surface area contributed by atoms with Crippen LogP contribution in [0.1, 0.15) is 36.8 Å². The van der Waals surface area contributed by atoms with Crippen LogP contribution in [0.4, 0.5) is 11.4 Å². The lowest BCUT2D eigenvalue weighted by Crippen LogP contribution is -2.41. The Balaban J connectivity index is 1.75. The van der Waals surface area contributed by atoms with Crippen LogP contribution in [0, 0.1) is 0 Å². The lowest BCUT2D eigenvalue weighted by atomic mass is 9.92. The summed E-state index contributed by atoms with van der Waals surface area (Å²) in [6, 6.07) is 12.0. The molecule has 204 valence electrons. The Morgan fingerprint density at radius 1 is 0.816 bits per heavy atom. The number of allylic oxidation sites excluding steroid dienone is 2. The molecule has 2 aromatic carbocycles. The van der Waals surface area contributed by atoms with Crippen molar-refractivity contribution in [3.63, 3.8) is 0 Å². The summed E-state index contributed by atoms with van der Waals surface area (Å²) in [5.41, 5.74) is 6.97. The summed E-state index contributed by atoms with van der Waals surface area (Å²) in [4.78, 5) is 23.4. The van der Waals surface area contributed by atoms with Gasteiger partial charge in [-0.2, -0.15) is 0 Å². The molecule has 0 radical (unpaired) electrons. The number of rotatable bonds is 8. The summed E-state index contributed by atoms with van der Waals surface area (Å²) >= 11 is 20.1. The lowest BCUT2D eigenvalue weighted by Gasteiger charge is -2.34. The highest BCUT2D eigenvalue weighted by Gasteiger charge is 2.31. The lowest BCUT2D eigenvalue weighted by molar-refractivity contribution is -0.108. The first kappa shape index (κ1) is 29.6. The van der Waals surface area contributed by atoms with E-state index < -0.39 is 0 Å². The molecule has 9 heteroatoms. The fraction of sp³-hybridized carbons (Fsp3) is 0.414. The van der Waals surface area contributed by atoms with E-state index >= 15 is 0 Å². The molecule has 2 aliphatic heterocycles. The predicted molar refractivity (Wildman–Crippen MR) is 169 cm³/mol. The second-order valence-corrected chi connectivity index (χ2v) is 12.4. The molecular formula is C29H34Br2Cl2N4O. The first-order valence-corrected chi connectivity index (χ1v) is 15.2. The normalized spacial score (nSPS) is 21.3. The Bertz CT molecular complexity index is 1160. The van der Waals surface area contributed by atoms with Gasteiger partial charge in [-0.3, -0.25) is 14.6 Å². The number of carbonyl (C=O) groups is 1. The predicted octanol–water partition coefficient (Wildman–Crippen LogP) is 7.62. The smallest absolute Gasteiger partial charge is 0.196 e. The van der Waals surface area contributed by atoms with Crippen molar-refractivity contribution in [2.45, 2.75) is 38.0 Å². The van der Waals surface area contributed by atoms with E-state index in [4.69, 9.17) is 23.2 Å². The third-order valence-corrected chi connectivity index (χ3v) is 9.25. The molecule has 0 bridgehead atoms. The van der Waals surface area contributed by atoms with Crippen LogP contribution in [0.3, 0.4) is 0 Å². The van der Waals surface area contributed by atoms with Gasteiger partial charge in [-0.1, -0.05) is 55.1 Å². The summed E-state index contributed by atoms with van der Waals surface area (Å²) < 4.78 is 1.74. The van der Waals surface area contributed by atoms with Crippen molar-refractivity contribution in [3.05, 3.63) is 67.5 Å². The minimum Gasteiger partial charge on any atom is -0.358 e. The van der Waals surface area contributed by atoms with Gasteiger partial charge in [0.15, 0.2) is 5.78 Å². The maximum Gasteiger partial charge on any atom is 0.196 e. The van der Waals surface area contributed by atoms with Gasteiger partial charge in [0.25, 0.3) is 0 Å². The summed E-state index contributed by atoms with van der Waals surface area (Å²) in [6.07, 6.45) is 4.90. The molecule has 0 amide bonds. The Morgan fingerprint density at radius 3 is 1.53 bits per heavy atom. The third-order valence-electron chi connectivity index (χ3n) is 7.82. The number of halogens is 4. The molecule has 2 aromatic rings.